The Labute approximate surface area is 185 Å². The molecule has 8 nitrogen and oxygen atoms in total. The number of ether oxygens (including phenoxy) is 1. The van der Waals surface area contributed by atoms with E-state index in [0.717, 1.165) is 12.1 Å². The molecule has 0 aliphatic carbocycles. The van der Waals surface area contributed by atoms with Gasteiger partial charge < -0.3 is 25.3 Å². The van der Waals surface area contributed by atoms with Crippen LogP contribution in [0.5, 0.6) is 5.75 Å². The number of carbonyl (C=O) groups excluding carboxylic acids is 2. The van der Waals surface area contributed by atoms with Gasteiger partial charge in [0.15, 0.2) is 0 Å². The molecule has 170 valence electrons. The average molecular weight is 457 g/mol. The van der Waals surface area contributed by atoms with Gasteiger partial charge in [-0.3, -0.25) is 4.79 Å². The molecule has 3 N–H and O–H groups in total. The molecule has 1 aliphatic heterocycles. The van der Waals surface area contributed by atoms with Crippen LogP contribution in [0.4, 0.5) is 29.3 Å². The number of nitrogens with one attached hydrogen (secondary N) is 3. The number of H-pyrrole nitrogens is 1. The molecular weight excluding hydrogens is 439 g/mol. The molecule has 11 heteroatoms. The SMILES string of the molecule is N#Cc1ccc2c(NC(=O)N3CCC[C@H]3C(=O)Nc3cccc(OC(F)(F)F)c3)c[nH]c2c1. The molecule has 33 heavy (non-hydrogen) atoms. The van der Waals surface area contributed by atoms with Crippen molar-refractivity contribution in [1.82, 2.24) is 9.88 Å². The first-order chi connectivity index (χ1) is 15.7. The zero-order valence-corrected chi connectivity index (χ0v) is 17.1. The Morgan fingerprint density at radius 2 is 2.00 bits per heavy atom. The minimum Gasteiger partial charge on any atom is -0.406 e. The number of nitriles is 1. The lowest BCUT2D eigenvalue weighted by molar-refractivity contribution is -0.274. The molecule has 2 aromatic carbocycles. The predicted octanol–water partition coefficient (Wildman–Crippen LogP) is 4.57. The summed E-state index contributed by atoms with van der Waals surface area (Å²) in [7, 11) is 0. The Hall–Kier alpha value is -4.20. The van der Waals surface area contributed by atoms with E-state index in [1.165, 1.54) is 17.0 Å². The third-order valence-corrected chi connectivity index (χ3v) is 5.20. The van der Waals surface area contributed by atoms with Crippen LogP contribution in [0.15, 0.2) is 48.7 Å². The number of aromatic amines is 1. The Morgan fingerprint density at radius 3 is 2.76 bits per heavy atom. The minimum absolute atomic E-state index is 0.124. The molecule has 2 heterocycles. The van der Waals surface area contributed by atoms with E-state index in [1.54, 1.807) is 24.4 Å². The Morgan fingerprint density at radius 1 is 1.18 bits per heavy atom. The second kappa shape index (κ2) is 8.74. The standard InChI is InChI=1S/C22H18F3N5O3/c23-22(24,25)33-15-4-1-3-14(10-15)28-20(31)19-5-2-8-30(19)21(32)29-18-12-27-17-9-13(11-26)6-7-16(17)18/h1,3-4,6-7,9-10,12,19,27H,2,5,8H2,(H,28,31)(H,29,32)/t19-/m0/s1. The highest BCUT2D eigenvalue weighted by atomic mass is 19.4. The number of alkyl halides is 3. The Balaban J connectivity index is 1.44. The summed E-state index contributed by atoms with van der Waals surface area (Å²) in [5.74, 6) is -0.968. The first-order valence-corrected chi connectivity index (χ1v) is 9.99. The number of benzene rings is 2. The van der Waals surface area contributed by atoms with Gasteiger partial charge in [0.25, 0.3) is 0 Å². The summed E-state index contributed by atoms with van der Waals surface area (Å²) in [5.41, 5.74) is 1.78. The van der Waals surface area contributed by atoms with E-state index in [2.05, 4.69) is 20.4 Å². The van der Waals surface area contributed by atoms with Gasteiger partial charge in [0.05, 0.1) is 17.3 Å². The summed E-state index contributed by atoms with van der Waals surface area (Å²) >= 11 is 0. The number of hydrogen-bond acceptors (Lipinski definition) is 4. The van der Waals surface area contributed by atoms with Crippen LogP contribution in [-0.4, -0.2) is 40.8 Å². The molecular formula is C22H18F3N5O3. The molecule has 0 saturated carbocycles. The van der Waals surface area contributed by atoms with Gasteiger partial charge in [-0.15, -0.1) is 13.2 Å². The molecule has 0 radical (unpaired) electrons. The number of hydrogen-bond donors (Lipinski definition) is 3. The van der Waals surface area contributed by atoms with Gasteiger partial charge in [0.1, 0.15) is 11.8 Å². The zero-order chi connectivity index (χ0) is 23.6. The maximum absolute atomic E-state index is 12.9. The number of anilines is 2. The fraction of sp³-hybridized carbons (Fsp3) is 0.227. The second-order valence-electron chi connectivity index (χ2n) is 7.42. The summed E-state index contributed by atoms with van der Waals surface area (Å²) in [5, 5.41) is 15.0. The number of aromatic nitrogens is 1. The monoisotopic (exact) mass is 457 g/mol. The van der Waals surface area contributed by atoms with E-state index in [1.807, 2.05) is 6.07 Å². The van der Waals surface area contributed by atoms with Crippen LogP contribution < -0.4 is 15.4 Å². The fourth-order valence-electron chi connectivity index (χ4n) is 3.77. The summed E-state index contributed by atoms with van der Waals surface area (Å²) in [6, 6.07) is 10.7. The lowest BCUT2D eigenvalue weighted by Gasteiger charge is -2.24. The lowest BCUT2D eigenvalue weighted by Crippen LogP contribution is -2.45. The van der Waals surface area contributed by atoms with Crippen LogP contribution in [0.2, 0.25) is 0 Å². The number of halogens is 3. The number of fused-ring (bicyclic) bond motifs is 1. The molecule has 1 atom stereocenters. The Kier molecular flexibility index (Phi) is 5.83. The number of rotatable bonds is 4. The van der Waals surface area contributed by atoms with Gasteiger partial charge in [-0.25, -0.2) is 4.79 Å². The van der Waals surface area contributed by atoms with Crippen LogP contribution in [0, 0.1) is 11.3 Å². The summed E-state index contributed by atoms with van der Waals surface area (Å²) in [6.07, 6.45) is -2.23. The smallest absolute Gasteiger partial charge is 0.406 e. The van der Waals surface area contributed by atoms with E-state index in [-0.39, 0.29) is 5.69 Å². The van der Waals surface area contributed by atoms with Crippen LogP contribution in [-0.2, 0) is 4.79 Å². The molecule has 3 amide bonds. The summed E-state index contributed by atoms with van der Waals surface area (Å²) < 4.78 is 41.2. The molecule has 0 unspecified atom stereocenters. The molecule has 0 spiro atoms. The van der Waals surface area contributed by atoms with E-state index >= 15 is 0 Å². The lowest BCUT2D eigenvalue weighted by atomic mass is 10.1. The topological polar surface area (TPSA) is 110 Å². The van der Waals surface area contributed by atoms with E-state index in [0.29, 0.717) is 41.5 Å². The molecule has 1 fully saturated rings. The number of nitrogens with zero attached hydrogens (tertiary/aromatic N) is 2. The van der Waals surface area contributed by atoms with Crippen molar-refractivity contribution >= 4 is 34.2 Å². The maximum Gasteiger partial charge on any atom is 0.573 e. The van der Waals surface area contributed by atoms with Gasteiger partial charge in [-0.05, 0) is 43.2 Å². The van der Waals surface area contributed by atoms with Gasteiger partial charge in [-0.2, -0.15) is 5.26 Å². The number of likely N-dealkylation sites (tertiary alicyclic amines) is 1. The van der Waals surface area contributed by atoms with Gasteiger partial charge in [-0.1, -0.05) is 6.07 Å². The largest absolute Gasteiger partial charge is 0.573 e. The van der Waals surface area contributed by atoms with Gasteiger partial charge in [0.2, 0.25) is 5.91 Å². The third-order valence-electron chi connectivity index (χ3n) is 5.20. The first-order valence-electron chi connectivity index (χ1n) is 9.99. The molecule has 4 rings (SSSR count). The van der Waals surface area contributed by atoms with Crippen molar-refractivity contribution in [2.75, 3.05) is 17.2 Å². The van der Waals surface area contributed by atoms with Crippen molar-refractivity contribution in [2.24, 2.45) is 0 Å². The fourth-order valence-corrected chi connectivity index (χ4v) is 3.77. The van der Waals surface area contributed by atoms with Crippen molar-refractivity contribution in [1.29, 1.82) is 5.26 Å². The third kappa shape index (κ3) is 5.01. The predicted molar refractivity (Wildman–Crippen MR) is 114 cm³/mol. The zero-order valence-electron chi connectivity index (χ0n) is 17.1. The van der Waals surface area contributed by atoms with E-state index < -0.39 is 30.1 Å². The quantitative estimate of drug-likeness (QED) is 0.533. The highest BCUT2D eigenvalue weighted by Crippen LogP contribution is 2.28. The van der Waals surface area contributed by atoms with Gasteiger partial charge >= 0.3 is 12.4 Å². The second-order valence-corrected chi connectivity index (χ2v) is 7.42. The molecule has 3 aromatic rings. The van der Waals surface area contributed by atoms with Crippen molar-refractivity contribution in [3.05, 3.63) is 54.2 Å². The van der Waals surface area contributed by atoms with Crippen molar-refractivity contribution < 1.29 is 27.5 Å². The minimum atomic E-state index is -4.85. The number of amides is 3. The highest BCUT2D eigenvalue weighted by molar-refractivity contribution is 6.04. The van der Waals surface area contributed by atoms with E-state index in [9.17, 15) is 22.8 Å². The first kappa shape index (κ1) is 22.0. The van der Waals surface area contributed by atoms with Gasteiger partial charge in [0, 0.05) is 35.4 Å². The molecule has 1 aliphatic rings. The number of urea groups is 1. The van der Waals surface area contributed by atoms with Crippen LogP contribution in [0.1, 0.15) is 18.4 Å². The Bertz CT molecular complexity index is 1250. The van der Waals surface area contributed by atoms with Crippen LogP contribution in [0.25, 0.3) is 10.9 Å². The summed E-state index contributed by atoms with van der Waals surface area (Å²) in [4.78, 5) is 30.0. The van der Waals surface area contributed by atoms with Crippen molar-refractivity contribution in [2.45, 2.75) is 25.2 Å². The van der Waals surface area contributed by atoms with Crippen LogP contribution in [0.3, 0.4) is 0 Å². The van der Waals surface area contributed by atoms with Crippen molar-refractivity contribution in [3.63, 3.8) is 0 Å². The molecule has 1 saturated heterocycles. The maximum atomic E-state index is 12.9. The van der Waals surface area contributed by atoms with E-state index in [4.69, 9.17) is 5.26 Å². The summed E-state index contributed by atoms with van der Waals surface area (Å²) in [6.45, 7) is 0.349. The number of carbonyl (C=O) groups is 2. The molecule has 1 aromatic heterocycles. The van der Waals surface area contributed by atoms with Crippen molar-refractivity contribution in [3.8, 4) is 11.8 Å². The normalized spacial score (nSPS) is 15.8. The van der Waals surface area contributed by atoms with Crippen LogP contribution >= 0.6 is 0 Å². The average Bonchev–Trinajstić information content (AvgIpc) is 3.40. The highest BCUT2D eigenvalue weighted by Gasteiger charge is 2.35. The molecule has 0 bridgehead atoms.